The smallest absolute Gasteiger partial charge is 0.343 e. The van der Waals surface area contributed by atoms with Gasteiger partial charge in [-0.3, -0.25) is 0 Å². The average Bonchev–Trinajstić information content (AvgIpc) is 2.49. The zero-order chi connectivity index (χ0) is 15.2. The van der Waals surface area contributed by atoms with Gasteiger partial charge in [0.25, 0.3) is 0 Å². The van der Waals surface area contributed by atoms with Crippen LogP contribution in [0.1, 0.15) is 15.9 Å². The molecule has 0 saturated carbocycles. The highest BCUT2D eigenvalue weighted by molar-refractivity contribution is 6.57. The molecule has 2 aromatic rings. The van der Waals surface area contributed by atoms with E-state index in [4.69, 9.17) is 32.7 Å². The Balaban J connectivity index is 2.24. The van der Waals surface area contributed by atoms with Crippen LogP contribution in [0.15, 0.2) is 53.0 Å². The number of rotatable bonds is 4. The van der Waals surface area contributed by atoms with E-state index in [1.54, 1.807) is 48.5 Å². The molecule has 0 fully saturated rings. The molecule has 108 valence electrons. The van der Waals surface area contributed by atoms with Crippen molar-refractivity contribution in [3.8, 4) is 11.5 Å². The lowest BCUT2D eigenvalue weighted by Gasteiger charge is -2.10. The van der Waals surface area contributed by atoms with Gasteiger partial charge in [0.15, 0.2) is 11.5 Å². The fourth-order valence-electron chi connectivity index (χ4n) is 1.72. The zero-order valence-corrected chi connectivity index (χ0v) is 12.7. The van der Waals surface area contributed by atoms with Crippen molar-refractivity contribution in [3.63, 3.8) is 0 Å². The first kappa shape index (κ1) is 15.4. The minimum absolute atomic E-state index is 0.131. The van der Waals surface area contributed by atoms with Gasteiger partial charge in [0, 0.05) is 0 Å². The predicted molar refractivity (Wildman–Crippen MR) is 84.1 cm³/mol. The van der Waals surface area contributed by atoms with Crippen molar-refractivity contribution in [2.24, 2.45) is 0 Å². The van der Waals surface area contributed by atoms with Crippen molar-refractivity contribution in [3.05, 3.63) is 64.1 Å². The third kappa shape index (κ3) is 4.25. The lowest BCUT2D eigenvalue weighted by atomic mass is 10.2. The number of methoxy groups -OCH3 is 1. The lowest BCUT2D eigenvalue weighted by molar-refractivity contribution is 0.0729. The van der Waals surface area contributed by atoms with E-state index in [9.17, 15) is 4.79 Å². The normalized spacial score (nSPS) is 9.86. The lowest BCUT2D eigenvalue weighted by Crippen LogP contribution is -2.09. The van der Waals surface area contributed by atoms with Crippen molar-refractivity contribution in [1.82, 2.24) is 0 Å². The van der Waals surface area contributed by atoms with Crippen molar-refractivity contribution in [2.45, 2.75) is 0 Å². The van der Waals surface area contributed by atoms with Crippen LogP contribution in [0.5, 0.6) is 11.5 Å². The Morgan fingerprint density at radius 3 is 2.38 bits per heavy atom. The number of halogens is 2. The molecular formula is C16H12Cl2O3. The summed E-state index contributed by atoms with van der Waals surface area (Å²) in [7, 11) is 1.49. The molecule has 0 unspecified atom stereocenters. The molecule has 0 heterocycles. The number of carbonyl (C=O) groups is 1. The van der Waals surface area contributed by atoms with Crippen LogP contribution < -0.4 is 9.47 Å². The van der Waals surface area contributed by atoms with E-state index in [0.717, 1.165) is 5.56 Å². The Morgan fingerprint density at radius 1 is 1.05 bits per heavy atom. The molecule has 5 heteroatoms. The van der Waals surface area contributed by atoms with Gasteiger partial charge in [-0.25, -0.2) is 4.79 Å². The van der Waals surface area contributed by atoms with Crippen molar-refractivity contribution < 1.29 is 14.3 Å². The van der Waals surface area contributed by atoms with Gasteiger partial charge in [0.1, 0.15) is 4.49 Å². The third-order valence-electron chi connectivity index (χ3n) is 2.68. The van der Waals surface area contributed by atoms with Gasteiger partial charge in [-0.2, -0.15) is 0 Å². The van der Waals surface area contributed by atoms with E-state index in [0.29, 0.717) is 17.1 Å². The summed E-state index contributed by atoms with van der Waals surface area (Å²) >= 11 is 11.2. The Kier molecular flexibility index (Phi) is 5.26. The van der Waals surface area contributed by atoms with Crippen LogP contribution in [0, 0.1) is 0 Å². The second-order valence-electron chi connectivity index (χ2n) is 4.10. The molecule has 0 N–H and O–H groups in total. The van der Waals surface area contributed by atoms with Crippen LogP contribution in [0.3, 0.4) is 0 Å². The second-order valence-corrected chi connectivity index (χ2v) is 5.11. The molecular weight excluding hydrogens is 311 g/mol. The third-order valence-corrected chi connectivity index (χ3v) is 2.89. The molecule has 0 aliphatic carbocycles. The largest absolute Gasteiger partial charge is 0.493 e. The van der Waals surface area contributed by atoms with Gasteiger partial charge < -0.3 is 9.47 Å². The van der Waals surface area contributed by atoms with E-state index in [1.165, 1.54) is 7.11 Å². The molecule has 3 nitrogen and oxygen atoms in total. The van der Waals surface area contributed by atoms with Crippen molar-refractivity contribution in [2.75, 3.05) is 7.11 Å². The SMILES string of the molecule is COc1cc(C=C(Cl)Cl)ccc1OC(=O)c1ccccc1. The van der Waals surface area contributed by atoms with Gasteiger partial charge in [-0.1, -0.05) is 47.5 Å². The summed E-state index contributed by atoms with van der Waals surface area (Å²) in [6.45, 7) is 0. The molecule has 0 spiro atoms. The number of ether oxygens (including phenoxy) is 2. The van der Waals surface area contributed by atoms with E-state index >= 15 is 0 Å². The molecule has 0 aromatic heterocycles. The Morgan fingerprint density at radius 2 is 1.76 bits per heavy atom. The summed E-state index contributed by atoms with van der Waals surface area (Å²) in [5.41, 5.74) is 1.21. The first-order valence-electron chi connectivity index (χ1n) is 6.08. The zero-order valence-electron chi connectivity index (χ0n) is 11.2. The molecule has 0 atom stereocenters. The molecule has 0 amide bonds. The molecule has 0 aliphatic heterocycles. The molecule has 0 bridgehead atoms. The van der Waals surface area contributed by atoms with Gasteiger partial charge in [-0.05, 0) is 35.9 Å². The first-order valence-corrected chi connectivity index (χ1v) is 6.83. The van der Waals surface area contributed by atoms with Gasteiger partial charge in [0.05, 0.1) is 12.7 Å². The van der Waals surface area contributed by atoms with Crippen LogP contribution in [0.4, 0.5) is 0 Å². The monoisotopic (exact) mass is 322 g/mol. The molecule has 0 radical (unpaired) electrons. The van der Waals surface area contributed by atoms with Crippen LogP contribution in [-0.2, 0) is 0 Å². The van der Waals surface area contributed by atoms with Gasteiger partial charge in [-0.15, -0.1) is 0 Å². The minimum atomic E-state index is -0.451. The van der Waals surface area contributed by atoms with Crippen LogP contribution in [0.25, 0.3) is 6.08 Å². The molecule has 2 rings (SSSR count). The molecule has 2 aromatic carbocycles. The van der Waals surface area contributed by atoms with E-state index in [-0.39, 0.29) is 4.49 Å². The standard InChI is InChI=1S/C16H12Cl2O3/c1-20-14-9-11(10-15(17)18)7-8-13(14)21-16(19)12-5-3-2-4-6-12/h2-10H,1H3. The summed E-state index contributed by atoms with van der Waals surface area (Å²) in [5.74, 6) is 0.296. The topological polar surface area (TPSA) is 35.5 Å². The summed E-state index contributed by atoms with van der Waals surface area (Å²) < 4.78 is 10.7. The quantitative estimate of drug-likeness (QED) is 0.605. The fourth-order valence-corrected chi connectivity index (χ4v) is 1.97. The summed E-state index contributed by atoms with van der Waals surface area (Å²) in [4.78, 5) is 12.0. The number of carbonyl (C=O) groups excluding carboxylic acids is 1. The number of benzene rings is 2. The van der Waals surface area contributed by atoms with Gasteiger partial charge >= 0.3 is 5.97 Å². The van der Waals surface area contributed by atoms with E-state index in [2.05, 4.69) is 0 Å². The first-order chi connectivity index (χ1) is 10.1. The van der Waals surface area contributed by atoms with Gasteiger partial charge in [0.2, 0.25) is 0 Å². The predicted octanol–water partition coefficient (Wildman–Crippen LogP) is 4.69. The summed E-state index contributed by atoms with van der Waals surface area (Å²) in [6, 6.07) is 13.8. The van der Waals surface area contributed by atoms with Crippen LogP contribution in [0.2, 0.25) is 0 Å². The Labute approximate surface area is 132 Å². The summed E-state index contributed by atoms with van der Waals surface area (Å²) in [5, 5.41) is 0. The highest BCUT2D eigenvalue weighted by Crippen LogP contribution is 2.30. The molecule has 0 saturated heterocycles. The minimum Gasteiger partial charge on any atom is -0.493 e. The number of hydrogen-bond acceptors (Lipinski definition) is 3. The molecule has 21 heavy (non-hydrogen) atoms. The summed E-state index contributed by atoms with van der Waals surface area (Å²) in [6.07, 6.45) is 1.56. The van der Waals surface area contributed by atoms with Crippen LogP contribution in [-0.4, -0.2) is 13.1 Å². The maximum Gasteiger partial charge on any atom is 0.343 e. The highest BCUT2D eigenvalue weighted by atomic mass is 35.5. The molecule has 0 aliphatic rings. The maximum atomic E-state index is 12.0. The average molecular weight is 323 g/mol. The maximum absolute atomic E-state index is 12.0. The Bertz CT molecular complexity index is 662. The number of esters is 1. The Hall–Kier alpha value is -1.97. The second kappa shape index (κ2) is 7.16. The number of hydrogen-bond donors (Lipinski definition) is 0. The van der Waals surface area contributed by atoms with Crippen molar-refractivity contribution in [1.29, 1.82) is 0 Å². The fraction of sp³-hybridized carbons (Fsp3) is 0.0625. The van der Waals surface area contributed by atoms with E-state index < -0.39 is 5.97 Å². The van der Waals surface area contributed by atoms with E-state index in [1.807, 2.05) is 6.07 Å². The van der Waals surface area contributed by atoms with Crippen LogP contribution >= 0.6 is 23.2 Å². The highest BCUT2D eigenvalue weighted by Gasteiger charge is 2.12. The van der Waals surface area contributed by atoms with Crippen molar-refractivity contribution >= 4 is 35.2 Å².